The number of halogens is 1. The Morgan fingerprint density at radius 2 is 1.93 bits per heavy atom. The molecule has 1 atom stereocenters. The Bertz CT molecular complexity index is 882. The summed E-state index contributed by atoms with van der Waals surface area (Å²) in [4.78, 5) is 24.4. The van der Waals surface area contributed by atoms with Crippen LogP contribution >= 0.6 is 11.6 Å². The maximum atomic E-state index is 12.4. The predicted octanol–water partition coefficient (Wildman–Crippen LogP) is 4.94. The number of ether oxygens (including phenoxy) is 1. The molecule has 2 aromatic carbocycles. The van der Waals surface area contributed by atoms with E-state index in [1.54, 1.807) is 31.3 Å². The van der Waals surface area contributed by atoms with E-state index in [2.05, 4.69) is 10.4 Å². The average Bonchev–Trinajstić information content (AvgIpc) is 2.73. The number of unbranched alkanes of at least 4 members (excludes halogenated alkanes) is 1. The van der Waals surface area contributed by atoms with Crippen LogP contribution in [0.5, 0.6) is 5.75 Å². The van der Waals surface area contributed by atoms with Gasteiger partial charge in [0.25, 0.3) is 0 Å². The first-order valence-electron chi connectivity index (χ1n) is 10.1. The fraction of sp³-hybridized carbons (Fsp3) is 0.348. The minimum Gasteiger partial charge on any atom is -0.424 e. The van der Waals surface area contributed by atoms with E-state index in [1.807, 2.05) is 31.2 Å². The topological polar surface area (TPSA) is 93.8 Å². The Balaban J connectivity index is 1.85. The van der Waals surface area contributed by atoms with E-state index in [-0.39, 0.29) is 17.8 Å². The highest BCUT2D eigenvalue weighted by atomic mass is 35.5. The Kier molecular flexibility index (Phi) is 9.35. The zero-order chi connectivity index (χ0) is 21.9. The lowest BCUT2D eigenvalue weighted by atomic mass is 10.1. The van der Waals surface area contributed by atoms with Gasteiger partial charge in [-0.2, -0.15) is 5.10 Å². The van der Waals surface area contributed by atoms with Crippen molar-refractivity contribution < 1.29 is 14.3 Å². The number of esters is 1. The van der Waals surface area contributed by atoms with Gasteiger partial charge in [-0.05, 0) is 55.0 Å². The normalized spacial score (nSPS) is 12.0. The van der Waals surface area contributed by atoms with Crippen LogP contribution in [-0.2, 0) is 16.0 Å². The molecule has 0 bridgehead atoms. The molecule has 3 N–H and O–H groups in total. The molecule has 2 rings (SSSR count). The Morgan fingerprint density at radius 1 is 1.20 bits per heavy atom. The highest BCUT2D eigenvalue weighted by molar-refractivity contribution is 6.31. The zero-order valence-electron chi connectivity index (χ0n) is 17.4. The first kappa shape index (κ1) is 23.4. The lowest BCUT2D eigenvalue weighted by molar-refractivity contribution is -0.138. The van der Waals surface area contributed by atoms with E-state index in [1.165, 1.54) is 5.56 Å². The lowest BCUT2D eigenvalue weighted by Crippen LogP contribution is -2.19. The molecule has 1 amide bonds. The molecular formula is C23H28ClN3O3. The summed E-state index contributed by atoms with van der Waals surface area (Å²) in [5.41, 5.74) is 2.55. The summed E-state index contributed by atoms with van der Waals surface area (Å²) < 4.78 is 5.44. The van der Waals surface area contributed by atoms with Gasteiger partial charge in [-0.3, -0.25) is 9.59 Å². The molecule has 0 saturated heterocycles. The number of nitrogens with zero attached hydrogens (tertiary/aromatic N) is 1. The van der Waals surface area contributed by atoms with E-state index in [0.29, 0.717) is 29.3 Å². The molecule has 0 fully saturated rings. The molecule has 0 aromatic heterocycles. The second-order valence-corrected chi connectivity index (χ2v) is 7.58. The Labute approximate surface area is 182 Å². The number of nitrogens with two attached hydrogens (primary N) is 1. The summed E-state index contributed by atoms with van der Waals surface area (Å²) in [7, 11) is 0. The first-order chi connectivity index (χ1) is 14.4. The van der Waals surface area contributed by atoms with Gasteiger partial charge in [0.15, 0.2) is 5.75 Å². The van der Waals surface area contributed by atoms with Crippen LogP contribution in [0.2, 0.25) is 5.02 Å². The van der Waals surface area contributed by atoms with Crippen molar-refractivity contribution >= 4 is 35.4 Å². The number of hydrogen-bond acceptors (Lipinski definition) is 5. The van der Waals surface area contributed by atoms with Gasteiger partial charge in [-0.25, -0.2) is 0 Å². The van der Waals surface area contributed by atoms with E-state index in [4.69, 9.17) is 22.2 Å². The third-order valence-corrected chi connectivity index (χ3v) is 5.00. The van der Waals surface area contributed by atoms with Gasteiger partial charge in [0, 0.05) is 11.4 Å². The maximum absolute atomic E-state index is 12.4. The molecule has 160 valence electrons. The second kappa shape index (κ2) is 12.0. The molecule has 2 aromatic rings. The van der Waals surface area contributed by atoms with Gasteiger partial charge in [-0.15, -0.1) is 0 Å². The van der Waals surface area contributed by atoms with Gasteiger partial charge < -0.3 is 15.9 Å². The van der Waals surface area contributed by atoms with Crippen molar-refractivity contribution in [2.24, 2.45) is 16.9 Å². The molecule has 1 unspecified atom stereocenters. The van der Waals surface area contributed by atoms with Crippen molar-refractivity contribution in [2.45, 2.75) is 46.0 Å². The number of rotatable bonds is 10. The summed E-state index contributed by atoms with van der Waals surface area (Å²) in [6.45, 7) is 3.72. The van der Waals surface area contributed by atoms with Gasteiger partial charge in [0.05, 0.1) is 17.8 Å². The molecular weight excluding hydrogens is 402 g/mol. The molecule has 6 nitrogen and oxygen atoms in total. The Hall–Kier alpha value is -2.86. The van der Waals surface area contributed by atoms with Crippen molar-refractivity contribution in [1.29, 1.82) is 0 Å². The van der Waals surface area contributed by atoms with Crippen molar-refractivity contribution in [1.82, 2.24) is 0 Å². The van der Waals surface area contributed by atoms with Crippen molar-refractivity contribution in [3.05, 3.63) is 58.6 Å². The van der Waals surface area contributed by atoms with E-state index >= 15 is 0 Å². The van der Waals surface area contributed by atoms with Gasteiger partial charge >= 0.3 is 5.97 Å². The smallest absolute Gasteiger partial charge is 0.314 e. The monoisotopic (exact) mass is 429 g/mol. The van der Waals surface area contributed by atoms with Gasteiger partial charge in [0.1, 0.15) is 0 Å². The minimum atomic E-state index is -0.334. The van der Waals surface area contributed by atoms with Crippen LogP contribution in [0.15, 0.2) is 47.6 Å². The molecule has 0 spiro atoms. The van der Waals surface area contributed by atoms with Crippen LogP contribution in [0.4, 0.5) is 5.69 Å². The number of aryl methyl sites for hydroxylation is 1. The van der Waals surface area contributed by atoms with E-state index < -0.39 is 0 Å². The second-order valence-electron chi connectivity index (χ2n) is 7.15. The highest BCUT2D eigenvalue weighted by Gasteiger charge is 2.16. The Morgan fingerprint density at radius 3 is 2.60 bits per heavy atom. The SMILES string of the molecule is CCC(C)C(=O)Oc1ccc(Cl)cc1NC(=O)CCCCc1ccc(/C=N/N)cc1. The molecule has 0 aliphatic carbocycles. The highest BCUT2D eigenvalue weighted by Crippen LogP contribution is 2.29. The van der Waals surface area contributed by atoms with Crippen molar-refractivity contribution in [3.8, 4) is 5.75 Å². The van der Waals surface area contributed by atoms with Crippen LogP contribution < -0.4 is 15.9 Å². The molecule has 0 saturated carbocycles. The standard InChI is InChI=1S/C23H28ClN3O3/c1-3-16(2)23(29)30-21-13-12-19(24)14-20(21)27-22(28)7-5-4-6-17-8-10-18(11-9-17)15-26-25/h8-16H,3-7,25H2,1-2H3,(H,27,28)/b26-15+. The molecule has 0 aliphatic rings. The molecule has 0 radical (unpaired) electrons. The summed E-state index contributed by atoms with van der Waals surface area (Å²) in [6, 6.07) is 12.8. The quantitative estimate of drug-likeness (QED) is 0.140. The summed E-state index contributed by atoms with van der Waals surface area (Å²) in [5.74, 6) is 4.74. The molecule has 30 heavy (non-hydrogen) atoms. The average molecular weight is 430 g/mol. The fourth-order valence-corrected chi connectivity index (χ4v) is 2.92. The number of hydrazone groups is 1. The fourth-order valence-electron chi connectivity index (χ4n) is 2.75. The lowest BCUT2D eigenvalue weighted by Gasteiger charge is -2.14. The van der Waals surface area contributed by atoms with Crippen LogP contribution in [0.1, 0.15) is 50.7 Å². The van der Waals surface area contributed by atoms with E-state index in [0.717, 1.165) is 24.8 Å². The summed E-state index contributed by atoms with van der Waals surface area (Å²) in [6.07, 6.45) is 5.13. The van der Waals surface area contributed by atoms with Crippen LogP contribution in [0.25, 0.3) is 0 Å². The number of carbonyl (C=O) groups is 2. The number of amides is 1. The largest absolute Gasteiger partial charge is 0.424 e. The van der Waals surface area contributed by atoms with Crippen molar-refractivity contribution in [2.75, 3.05) is 5.32 Å². The van der Waals surface area contributed by atoms with Gasteiger partial charge in [0.2, 0.25) is 5.91 Å². The number of nitrogens with one attached hydrogen (secondary N) is 1. The summed E-state index contributed by atoms with van der Waals surface area (Å²) >= 11 is 6.05. The van der Waals surface area contributed by atoms with Crippen LogP contribution in [-0.4, -0.2) is 18.1 Å². The maximum Gasteiger partial charge on any atom is 0.314 e. The van der Waals surface area contributed by atoms with E-state index in [9.17, 15) is 9.59 Å². The third kappa shape index (κ3) is 7.52. The van der Waals surface area contributed by atoms with Crippen LogP contribution in [0, 0.1) is 5.92 Å². The van der Waals surface area contributed by atoms with Gasteiger partial charge in [-0.1, -0.05) is 49.7 Å². The first-order valence-corrected chi connectivity index (χ1v) is 10.4. The van der Waals surface area contributed by atoms with Crippen LogP contribution in [0.3, 0.4) is 0 Å². The number of benzene rings is 2. The molecule has 7 heteroatoms. The zero-order valence-corrected chi connectivity index (χ0v) is 18.1. The molecule has 0 aliphatic heterocycles. The number of anilines is 1. The summed E-state index contributed by atoms with van der Waals surface area (Å²) in [5, 5.41) is 6.76. The number of hydrogen-bond donors (Lipinski definition) is 2. The van der Waals surface area contributed by atoms with Crippen molar-refractivity contribution in [3.63, 3.8) is 0 Å². The predicted molar refractivity (Wildman–Crippen MR) is 121 cm³/mol. The third-order valence-electron chi connectivity index (χ3n) is 4.76. The molecule has 0 heterocycles. The minimum absolute atomic E-state index is 0.146. The number of carbonyl (C=O) groups excluding carboxylic acids is 2.